The molecule has 0 amide bonds. The molecule has 1 atom stereocenters. The minimum absolute atomic E-state index is 0.438. The molecule has 0 saturated heterocycles. The van der Waals surface area contributed by atoms with Crippen LogP contribution in [0.4, 0.5) is 0 Å². The smallest absolute Gasteiger partial charge is 0.134 e. The molecule has 1 N–H and O–H groups in total. The van der Waals surface area contributed by atoms with Crippen LogP contribution in [0.2, 0.25) is 0 Å². The number of benzene rings is 1. The molecule has 1 aromatic carbocycles. The lowest BCUT2D eigenvalue weighted by Gasteiger charge is -2.10. The van der Waals surface area contributed by atoms with E-state index in [1.165, 1.54) is 5.56 Å². The summed E-state index contributed by atoms with van der Waals surface area (Å²) in [7, 11) is 1.99. The van der Waals surface area contributed by atoms with Gasteiger partial charge in [0.2, 0.25) is 0 Å². The van der Waals surface area contributed by atoms with Crippen molar-refractivity contribution in [3.63, 3.8) is 0 Å². The van der Waals surface area contributed by atoms with E-state index in [-0.39, 0.29) is 0 Å². The summed E-state index contributed by atoms with van der Waals surface area (Å²) in [6.07, 6.45) is 2.21. The molecular formula is C16H22N2O2. The zero-order chi connectivity index (χ0) is 14.4. The zero-order valence-corrected chi connectivity index (χ0v) is 12.3. The van der Waals surface area contributed by atoms with Gasteiger partial charge in [-0.2, -0.15) is 0 Å². The Balaban J connectivity index is 1.82. The van der Waals surface area contributed by atoms with Crippen molar-refractivity contribution in [2.45, 2.75) is 39.3 Å². The van der Waals surface area contributed by atoms with Crippen LogP contribution in [-0.4, -0.2) is 18.2 Å². The average Bonchev–Trinajstić information content (AvgIpc) is 2.89. The van der Waals surface area contributed by atoms with Crippen molar-refractivity contribution in [2.75, 3.05) is 7.05 Å². The topological polar surface area (TPSA) is 47.3 Å². The number of ether oxygens (including phenoxy) is 1. The molecule has 0 radical (unpaired) electrons. The molecule has 1 unspecified atom stereocenters. The van der Waals surface area contributed by atoms with Crippen molar-refractivity contribution in [3.8, 4) is 5.75 Å². The second-order valence-corrected chi connectivity index (χ2v) is 5.09. The maximum absolute atomic E-state index is 5.67. The number of nitrogens with one attached hydrogen (secondary N) is 1. The van der Waals surface area contributed by atoms with E-state index in [2.05, 4.69) is 29.5 Å². The SMILES string of the molecule is CNC(C)CCc1ccc(OCc2cc(C)on2)cc1. The van der Waals surface area contributed by atoms with Gasteiger partial charge < -0.3 is 14.6 Å². The van der Waals surface area contributed by atoms with Crippen molar-refractivity contribution in [1.29, 1.82) is 0 Å². The van der Waals surface area contributed by atoms with Crippen molar-refractivity contribution in [3.05, 3.63) is 47.3 Å². The number of hydrogen-bond donors (Lipinski definition) is 1. The van der Waals surface area contributed by atoms with Crippen molar-refractivity contribution < 1.29 is 9.26 Å². The van der Waals surface area contributed by atoms with E-state index < -0.39 is 0 Å². The van der Waals surface area contributed by atoms with E-state index in [0.29, 0.717) is 12.6 Å². The predicted octanol–water partition coefficient (Wildman–Crippen LogP) is 3.10. The Kier molecular flexibility index (Phi) is 5.18. The summed E-state index contributed by atoms with van der Waals surface area (Å²) in [5, 5.41) is 7.15. The van der Waals surface area contributed by atoms with E-state index in [9.17, 15) is 0 Å². The predicted molar refractivity (Wildman–Crippen MR) is 78.9 cm³/mol. The van der Waals surface area contributed by atoms with Gasteiger partial charge in [0, 0.05) is 12.1 Å². The first-order chi connectivity index (χ1) is 9.67. The van der Waals surface area contributed by atoms with E-state index in [4.69, 9.17) is 9.26 Å². The van der Waals surface area contributed by atoms with Crippen LogP contribution in [-0.2, 0) is 13.0 Å². The lowest BCUT2D eigenvalue weighted by Crippen LogP contribution is -2.21. The maximum Gasteiger partial charge on any atom is 0.134 e. The monoisotopic (exact) mass is 274 g/mol. The zero-order valence-electron chi connectivity index (χ0n) is 12.3. The highest BCUT2D eigenvalue weighted by molar-refractivity contribution is 5.27. The number of nitrogens with zero attached hydrogens (tertiary/aromatic N) is 1. The average molecular weight is 274 g/mol. The lowest BCUT2D eigenvalue weighted by molar-refractivity contribution is 0.288. The van der Waals surface area contributed by atoms with Gasteiger partial charge in [0.15, 0.2) is 0 Å². The van der Waals surface area contributed by atoms with E-state index in [1.54, 1.807) is 0 Å². The van der Waals surface area contributed by atoms with Crippen LogP contribution < -0.4 is 10.1 Å². The standard InChI is InChI=1S/C16H22N2O2/c1-12(17-3)4-5-14-6-8-16(9-7-14)19-11-15-10-13(2)20-18-15/h6-10,12,17H,4-5,11H2,1-3H3. The van der Waals surface area contributed by atoms with Gasteiger partial charge in [-0.05, 0) is 51.4 Å². The third-order valence-electron chi connectivity index (χ3n) is 3.35. The highest BCUT2D eigenvalue weighted by Gasteiger charge is 2.03. The van der Waals surface area contributed by atoms with Crippen LogP contribution in [0.25, 0.3) is 0 Å². The molecule has 4 nitrogen and oxygen atoms in total. The van der Waals surface area contributed by atoms with Gasteiger partial charge >= 0.3 is 0 Å². The molecular weight excluding hydrogens is 252 g/mol. The second-order valence-electron chi connectivity index (χ2n) is 5.09. The highest BCUT2D eigenvalue weighted by Crippen LogP contribution is 2.15. The minimum atomic E-state index is 0.438. The summed E-state index contributed by atoms with van der Waals surface area (Å²) in [6, 6.07) is 10.7. The molecule has 0 fully saturated rings. The Morgan fingerprint density at radius 2 is 2.05 bits per heavy atom. The molecule has 1 heterocycles. The van der Waals surface area contributed by atoms with Crippen molar-refractivity contribution in [1.82, 2.24) is 10.5 Å². The number of aryl methyl sites for hydroxylation is 2. The van der Waals surface area contributed by atoms with Crippen molar-refractivity contribution in [2.24, 2.45) is 0 Å². The van der Waals surface area contributed by atoms with Gasteiger partial charge in [-0.25, -0.2) is 0 Å². The molecule has 0 aliphatic heterocycles. The number of rotatable bonds is 7. The summed E-state index contributed by atoms with van der Waals surface area (Å²) < 4.78 is 10.7. The summed E-state index contributed by atoms with van der Waals surface area (Å²) in [5.41, 5.74) is 2.14. The Morgan fingerprint density at radius 1 is 1.30 bits per heavy atom. The molecule has 0 bridgehead atoms. The molecule has 4 heteroatoms. The van der Waals surface area contributed by atoms with Crippen molar-refractivity contribution >= 4 is 0 Å². The van der Waals surface area contributed by atoms with E-state index >= 15 is 0 Å². The van der Waals surface area contributed by atoms with Gasteiger partial charge in [0.05, 0.1) is 0 Å². The molecule has 0 aliphatic rings. The summed E-state index contributed by atoms with van der Waals surface area (Å²) in [4.78, 5) is 0. The minimum Gasteiger partial charge on any atom is -0.487 e. The molecule has 2 rings (SSSR count). The summed E-state index contributed by atoms with van der Waals surface area (Å²) in [5.74, 6) is 1.66. The number of hydrogen-bond acceptors (Lipinski definition) is 4. The first-order valence-electron chi connectivity index (χ1n) is 6.98. The third-order valence-corrected chi connectivity index (χ3v) is 3.35. The van der Waals surface area contributed by atoms with E-state index in [1.807, 2.05) is 32.2 Å². The summed E-state index contributed by atoms with van der Waals surface area (Å²) >= 11 is 0. The quantitative estimate of drug-likeness (QED) is 0.842. The summed E-state index contributed by atoms with van der Waals surface area (Å²) in [6.45, 7) is 4.50. The molecule has 2 aromatic rings. The van der Waals surface area contributed by atoms with Crippen LogP contribution in [0.3, 0.4) is 0 Å². The normalized spacial score (nSPS) is 12.3. The number of aromatic nitrogens is 1. The maximum atomic E-state index is 5.67. The van der Waals surface area contributed by atoms with Crippen LogP contribution in [0.15, 0.2) is 34.9 Å². The Hall–Kier alpha value is -1.81. The molecule has 108 valence electrons. The Morgan fingerprint density at radius 3 is 2.65 bits per heavy atom. The third kappa shape index (κ3) is 4.38. The van der Waals surface area contributed by atoms with Crippen LogP contribution in [0.5, 0.6) is 5.75 Å². The molecule has 0 saturated carbocycles. The van der Waals surface area contributed by atoms with Gasteiger partial charge in [0.25, 0.3) is 0 Å². The van der Waals surface area contributed by atoms with Gasteiger partial charge in [-0.3, -0.25) is 0 Å². The van der Waals surface area contributed by atoms with Crippen LogP contribution >= 0.6 is 0 Å². The highest BCUT2D eigenvalue weighted by atomic mass is 16.5. The molecule has 0 aliphatic carbocycles. The largest absolute Gasteiger partial charge is 0.487 e. The second kappa shape index (κ2) is 7.10. The van der Waals surface area contributed by atoms with Gasteiger partial charge in [0.1, 0.15) is 23.8 Å². The van der Waals surface area contributed by atoms with Crippen LogP contribution in [0.1, 0.15) is 30.4 Å². The molecule has 0 spiro atoms. The van der Waals surface area contributed by atoms with Gasteiger partial charge in [-0.1, -0.05) is 17.3 Å². The molecule has 20 heavy (non-hydrogen) atoms. The van der Waals surface area contributed by atoms with E-state index in [0.717, 1.165) is 30.0 Å². The fraction of sp³-hybridized carbons (Fsp3) is 0.438. The fourth-order valence-electron chi connectivity index (χ4n) is 1.92. The lowest BCUT2D eigenvalue weighted by atomic mass is 10.1. The van der Waals surface area contributed by atoms with Crippen LogP contribution in [0, 0.1) is 6.92 Å². The van der Waals surface area contributed by atoms with Gasteiger partial charge in [-0.15, -0.1) is 0 Å². The first-order valence-corrected chi connectivity index (χ1v) is 6.98. The Bertz CT molecular complexity index is 520. The molecule has 1 aromatic heterocycles. The Labute approximate surface area is 120 Å². The first kappa shape index (κ1) is 14.6. The fourth-order valence-corrected chi connectivity index (χ4v) is 1.92.